The van der Waals surface area contributed by atoms with E-state index in [4.69, 9.17) is 0 Å². The van der Waals surface area contributed by atoms with Gasteiger partial charge in [-0.3, -0.25) is 4.79 Å². The number of hydrogen-bond donors (Lipinski definition) is 1. The van der Waals surface area contributed by atoms with E-state index in [2.05, 4.69) is 13.0 Å². The maximum atomic E-state index is 13.6. The van der Waals surface area contributed by atoms with E-state index in [0.29, 0.717) is 41.3 Å². The van der Waals surface area contributed by atoms with Crippen LogP contribution in [0.15, 0.2) is 18.2 Å². The molecule has 4 aliphatic carbocycles. The van der Waals surface area contributed by atoms with Gasteiger partial charge in [0.2, 0.25) is 5.91 Å². The summed E-state index contributed by atoms with van der Waals surface area (Å²) in [6.45, 7) is 0.611. The van der Waals surface area contributed by atoms with Crippen LogP contribution in [-0.4, -0.2) is 47.5 Å². The molecule has 0 radical (unpaired) electrons. The summed E-state index contributed by atoms with van der Waals surface area (Å²) in [5, 5.41) is 10.2. The second kappa shape index (κ2) is 13.1. The molecule has 1 aromatic carbocycles. The SMILES string of the molecule is CN(CC(F)(F)C(F)(F)C(F)(F)F)C(=O)CCCCCCCCCC[C@@H]1Cc2cc(O)ccc2C2CC[C@@]3(C)C(CCC34CC4)C21. The zero-order chi connectivity index (χ0) is 33.5. The summed E-state index contributed by atoms with van der Waals surface area (Å²) in [6, 6.07) is 6.05. The Hall–Kier alpha value is -2.00. The van der Waals surface area contributed by atoms with Crippen LogP contribution >= 0.6 is 0 Å². The maximum absolute atomic E-state index is 13.6. The van der Waals surface area contributed by atoms with E-state index >= 15 is 0 Å². The van der Waals surface area contributed by atoms with Crippen LogP contribution < -0.4 is 0 Å². The molecule has 0 aliphatic heterocycles. The van der Waals surface area contributed by atoms with Gasteiger partial charge in [-0.25, -0.2) is 0 Å². The second-order valence-electron chi connectivity index (χ2n) is 15.3. The number of fused-ring (bicyclic) bond motifs is 6. The Morgan fingerprint density at radius 2 is 1.52 bits per heavy atom. The highest BCUT2D eigenvalue weighted by molar-refractivity contribution is 5.75. The number of rotatable bonds is 14. The lowest BCUT2D eigenvalue weighted by atomic mass is 9.50. The molecule has 46 heavy (non-hydrogen) atoms. The molecule has 5 rings (SSSR count). The topological polar surface area (TPSA) is 40.5 Å². The number of carbonyl (C=O) groups is 1. The average molecular weight is 662 g/mol. The quantitative estimate of drug-likeness (QED) is 0.159. The predicted molar refractivity (Wildman–Crippen MR) is 163 cm³/mol. The Morgan fingerprint density at radius 1 is 0.891 bits per heavy atom. The van der Waals surface area contributed by atoms with Crippen molar-refractivity contribution in [2.75, 3.05) is 13.6 Å². The lowest BCUT2D eigenvalue weighted by Crippen LogP contribution is -2.57. The van der Waals surface area contributed by atoms with Crippen molar-refractivity contribution in [2.24, 2.45) is 28.6 Å². The third kappa shape index (κ3) is 6.65. The highest BCUT2D eigenvalue weighted by Crippen LogP contribution is 2.76. The number of phenolic OH excluding ortho intramolecular Hbond substituents is 1. The molecule has 0 bridgehead atoms. The molecule has 3 nitrogen and oxygen atoms in total. The van der Waals surface area contributed by atoms with Crippen molar-refractivity contribution < 1.29 is 40.6 Å². The standard InChI is InChI=1S/C36H50F7NO2/c1-32-17-15-28-27-14-13-26(45)22-25(27)21-24(31(28)29(32)16-18-33(32)19-20-33)11-9-7-5-3-4-6-8-10-12-30(46)44(2)23-34(37,38)35(39,40)36(41,42)43/h13-14,22,24,28-29,31,45H,3-12,15-21,23H2,1-2H3/t24-,28?,29?,31?,32+/m1/s1. The zero-order valence-corrected chi connectivity index (χ0v) is 27.2. The molecule has 0 heterocycles. The first-order valence-corrected chi connectivity index (χ1v) is 17.4. The number of aromatic hydroxyl groups is 1. The molecule has 260 valence electrons. The van der Waals surface area contributed by atoms with Gasteiger partial charge in [0.05, 0.1) is 6.54 Å². The molecule has 1 spiro atoms. The fourth-order valence-corrected chi connectivity index (χ4v) is 9.89. The fraction of sp³-hybridized carbons (Fsp3) is 0.806. The van der Waals surface area contributed by atoms with Crippen LogP contribution in [0.2, 0.25) is 0 Å². The minimum Gasteiger partial charge on any atom is -0.508 e. The largest absolute Gasteiger partial charge is 0.508 e. The van der Waals surface area contributed by atoms with Crippen molar-refractivity contribution >= 4 is 5.91 Å². The number of alkyl halides is 7. The van der Waals surface area contributed by atoms with E-state index in [1.54, 1.807) is 0 Å². The van der Waals surface area contributed by atoms with Crippen LogP contribution in [-0.2, 0) is 11.2 Å². The van der Waals surface area contributed by atoms with Crippen molar-refractivity contribution in [3.63, 3.8) is 0 Å². The second-order valence-corrected chi connectivity index (χ2v) is 15.3. The third-order valence-corrected chi connectivity index (χ3v) is 12.7. The van der Waals surface area contributed by atoms with Gasteiger partial charge in [0, 0.05) is 13.5 Å². The summed E-state index contributed by atoms with van der Waals surface area (Å²) in [6.07, 6.45) is 11.2. The van der Waals surface area contributed by atoms with Gasteiger partial charge in [-0.1, -0.05) is 57.9 Å². The first-order chi connectivity index (χ1) is 21.5. The highest BCUT2D eigenvalue weighted by Gasteiger charge is 2.73. The molecule has 1 amide bonds. The number of nitrogens with zero attached hydrogens (tertiary/aromatic N) is 1. The monoisotopic (exact) mass is 661 g/mol. The molecule has 3 unspecified atom stereocenters. The summed E-state index contributed by atoms with van der Waals surface area (Å²) in [5.74, 6) is -9.36. The summed E-state index contributed by atoms with van der Waals surface area (Å²) in [7, 11) is 0.822. The Kier molecular flexibility index (Phi) is 10.1. The molecule has 10 heteroatoms. The summed E-state index contributed by atoms with van der Waals surface area (Å²) < 4.78 is 90.5. The first-order valence-electron chi connectivity index (χ1n) is 17.4. The molecule has 0 aromatic heterocycles. The maximum Gasteiger partial charge on any atom is 0.459 e. The van der Waals surface area contributed by atoms with Crippen LogP contribution in [0.3, 0.4) is 0 Å². The van der Waals surface area contributed by atoms with Gasteiger partial charge in [-0.2, -0.15) is 30.7 Å². The Labute approximate surface area is 268 Å². The molecule has 5 atom stereocenters. The molecule has 1 N–H and O–H groups in total. The van der Waals surface area contributed by atoms with Crippen LogP contribution in [0.5, 0.6) is 5.75 Å². The van der Waals surface area contributed by atoms with E-state index in [-0.39, 0.29) is 11.3 Å². The third-order valence-electron chi connectivity index (χ3n) is 12.7. The van der Waals surface area contributed by atoms with Gasteiger partial charge in [0.15, 0.2) is 0 Å². The van der Waals surface area contributed by atoms with Crippen LogP contribution in [0.1, 0.15) is 127 Å². The van der Waals surface area contributed by atoms with Gasteiger partial charge >= 0.3 is 18.0 Å². The van der Waals surface area contributed by atoms with Crippen molar-refractivity contribution in [3.05, 3.63) is 29.3 Å². The normalized spacial score (nSPS) is 28.5. The number of phenols is 1. The summed E-state index contributed by atoms with van der Waals surface area (Å²) >= 11 is 0. The van der Waals surface area contributed by atoms with Crippen LogP contribution in [0.25, 0.3) is 0 Å². The number of unbranched alkanes of at least 4 members (excludes halogenated alkanes) is 7. The summed E-state index contributed by atoms with van der Waals surface area (Å²) in [4.78, 5) is 12.3. The smallest absolute Gasteiger partial charge is 0.459 e. The lowest BCUT2D eigenvalue weighted by Gasteiger charge is -2.54. The van der Waals surface area contributed by atoms with Crippen LogP contribution in [0, 0.1) is 28.6 Å². The molecular weight excluding hydrogens is 611 g/mol. The molecular formula is C36H50F7NO2. The van der Waals surface area contributed by atoms with E-state index in [1.165, 1.54) is 62.5 Å². The highest BCUT2D eigenvalue weighted by atomic mass is 19.4. The first kappa shape index (κ1) is 35.3. The van der Waals surface area contributed by atoms with Crippen molar-refractivity contribution in [3.8, 4) is 5.75 Å². The Morgan fingerprint density at radius 3 is 2.15 bits per heavy atom. The Bertz CT molecular complexity index is 1230. The number of hydrogen-bond acceptors (Lipinski definition) is 2. The molecule has 1 aromatic rings. The zero-order valence-electron chi connectivity index (χ0n) is 27.2. The van der Waals surface area contributed by atoms with E-state index in [9.17, 15) is 40.6 Å². The van der Waals surface area contributed by atoms with Crippen LogP contribution in [0.4, 0.5) is 30.7 Å². The van der Waals surface area contributed by atoms with E-state index < -0.39 is 30.5 Å². The van der Waals surface area contributed by atoms with Crippen molar-refractivity contribution in [1.29, 1.82) is 0 Å². The van der Waals surface area contributed by atoms with E-state index in [0.717, 1.165) is 57.4 Å². The minimum absolute atomic E-state index is 0.171. The van der Waals surface area contributed by atoms with Gasteiger partial charge in [-0.15, -0.1) is 0 Å². The number of halogens is 7. The molecule has 3 fully saturated rings. The van der Waals surface area contributed by atoms with Crippen molar-refractivity contribution in [1.82, 2.24) is 4.90 Å². The molecule has 3 saturated carbocycles. The average Bonchev–Trinajstić information content (AvgIpc) is 3.71. The number of amides is 1. The number of carbonyl (C=O) groups excluding carboxylic acids is 1. The van der Waals surface area contributed by atoms with Gasteiger partial charge in [0.25, 0.3) is 0 Å². The predicted octanol–water partition coefficient (Wildman–Crippen LogP) is 10.4. The lowest BCUT2D eigenvalue weighted by molar-refractivity contribution is -0.355. The van der Waals surface area contributed by atoms with Gasteiger partial charge in [-0.05, 0) is 116 Å². The van der Waals surface area contributed by atoms with E-state index in [1.807, 2.05) is 12.1 Å². The Balaban J connectivity index is 1.01. The summed E-state index contributed by atoms with van der Waals surface area (Å²) in [5.41, 5.74) is 3.90. The fourth-order valence-electron chi connectivity index (χ4n) is 9.89. The van der Waals surface area contributed by atoms with Crippen molar-refractivity contribution in [2.45, 2.75) is 140 Å². The van der Waals surface area contributed by atoms with Gasteiger partial charge in [0.1, 0.15) is 5.75 Å². The minimum atomic E-state index is -6.40. The number of benzene rings is 1. The van der Waals surface area contributed by atoms with Gasteiger partial charge < -0.3 is 10.0 Å². The molecule has 4 aliphatic rings. The molecule has 0 saturated heterocycles.